The predicted molar refractivity (Wildman–Crippen MR) is 163 cm³/mol. The van der Waals surface area contributed by atoms with Gasteiger partial charge in [0.2, 0.25) is 5.91 Å². The summed E-state index contributed by atoms with van der Waals surface area (Å²) in [6.45, 7) is 12.5. The van der Waals surface area contributed by atoms with Crippen LogP contribution < -0.4 is 10.5 Å². The van der Waals surface area contributed by atoms with Crippen LogP contribution in [0.25, 0.3) is 28.0 Å². The van der Waals surface area contributed by atoms with E-state index in [4.69, 9.17) is 34.7 Å². The van der Waals surface area contributed by atoms with E-state index in [1.807, 2.05) is 59.6 Å². The molecule has 0 saturated heterocycles. The Morgan fingerprint density at radius 2 is 1.85 bits per heavy atom. The standard InChI is InChI=1S/C31H40N5O4Si/c1-31(2,3)41(5,6)40-21-24-12-9-15-30(35-24)36-27-18-22(19-28(25(27)20-33-36)39-17-16-38-4)26-13-7-10-23(34-26)11-8-14-29(32)37/h7,9-13,15,18-20H,8,14,16-17,21H2,1-6H3,(H2,32,37). The number of carbonyl (C=O) groups is 1. The maximum absolute atomic E-state index is 11.2. The highest BCUT2D eigenvalue weighted by Crippen LogP contribution is 2.37. The summed E-state index contributed by atoms with van der Waals surface area (Å²) in [5.41, 5.74) is 9.40. The van der Waals surface area contributed by atoms with Gasteiger partial charge >= 0.3 is 0 Å². The summed E-state index contributed by atoms with van der Waals surface area (Å²) in [4.78, 5) is 20.9. The van der Waals surface area contributed by atoms with Crippen molar-refractivity contribution in [3.05, 3.63) is 72.5 Å². The molecule has 4 aromatic rings. The number of pyridine rings is 2. The SMILES string of the molecule is COCCOc1cc(-c2cccc([CH]CCC(N)=O)n2)cc2c1cnn2-c1cccc(CO[Si](C)(C)C(C)(C)C)n1. The lowest BCUT2D eigenvalue weighted by Gasteiger charge is -2.36. The summed E-state index contributed by atoms with van der Waals surface area (Å²) in [5.74, 6) is 1.04. The third-order valence-electron chi connectivity index (χ3n) is 7.40. The molecule has 0 spiro atoms. The first-order chi connectivity index (χ1) is 19.5. The molecule has 3 aromatic heterocycles. The molecule has 0 fully saturated rings. The third-order valence-corrected chi connectivity index (χ3v) is 11.9. The van der Waals surface area contributed by atoms with E-state index in [-0.39, 0.29) is 17.4 Å². The van der Waals surface area contributed by atoms with Crippen LogP contribution in [0.1, 0.15) is 45.0 Å². The number of benzene rings is 1. The van der Waals surface area contributed by atoms with Crippen LogP contribution in [0.5, 0.6) is 5.75 Å². The molecule has 9 nitrogen and oxygen atoms in total. The number of rotatable bonds is 13. The minimum Gasteiger partial charge on any atom is -0.490 e. The number of nitrogens with zero attached hydrogens (tertiary/aromatic N) is 4. The maximum Gasteiger partial charge on any atom is 0.217 e. The van der Waals surface area contributed by atoms with E-state index in [0.717, 1.165) is 33.5 Å². The van der Waals surface area contributed by atoms with Gasteiger partial charge < -0.3 is 19.6 Å². The van der Waals surface area contributed by atoms with Crippen LogP contribution in [-0.2, 0) is 20.6 Å². The van der Waals surface area contributed by atoms with E-state index in [9.17, 15) is 4.79 Å². The number of primary amides is 1. The fraction of sp³-hybridized carbons (Fsp3) is 0.387. The number of ether oxygens (including phenoxy) is 2. The monoisotopic (exact) mass is 574 g/mol. The predicted octanol–water partition coefficient (Wildman–Crippen LogP) is 5.85. The fourth-order valence-electron chi connectivity index (χ4n) is 4.00. The molecule has 4 rings (SSSR count). The molecule has 41 heavy (non-hydrogen) atoms. The number of fused-ring (bicyclic) bond motifs is 1. The van der Waals surface area contributed by atoms with Gasteiger partial charge in [0.25, 0.3) is 0 Å². The topological polar surface area (TPSA) is 114 Å². The highest BCUT2D eigenvalue weighted by atomic mass is 28.4. The zero-order valence-corrected chi connectivity index (χ0v) is 25.8. The van der Waals surface area contributed by atoms with Crippen molar-refractivity contribution < 1.29 is 18.7 Å². The van der Waals surface area contributed by atoms with Gasteiger partial charge in [-0.2, -0.15) is 5.10 Å². The van der Waals surface area contributed by atoms with Crippen molar-refractivity contribution in [2.24, 2.45) is 5.73 Å². The first-order valence-corrected chi connectivity index (χ1v) is 16.7. The Labute approximate surface area is 243 Å². The second-order valence-corrected chi connectivity index (χ2v) is 16.3. The molecule has 1 aromatic carbocycles. The molecule has 1 amide bonds. The van der Waals surface area contributed by atoms with Gasteiger partial charge in [-0.1, -0.05) is 32.9 Å². The lowest BCUT2D eigenvalue weighted by Crippen LogP contribution is -2.40. The summed E-state index contributed by atoms with van der Waals surface area (Å²) in [6.07, 6.45) is 4.52. The summed E-state index contributed by atoms with van der Waals surface area (Å²) < 4.78 is 19.6. The van der Waals surface area contributed by atoms with E-state index in [2.05, 4.69) is 33.9 Å². The molecule has 0 aliphatic rings. The lowest BCUT2D eigenvalue weighted by atomic mass is 10.1. The molecular weight excluding hydrogens is 534 g/mol. The maximum atomic E-state index is 11.2. The Bertz CT molecular complexity index is 1500. The van der Waals surface area contributed by atoms with Crippen LogP contribution in [0, 0.1) is 6.42 Å². The van der Waals surface area contributed by atoms with E-state index >= 15 is 0 Å². The highest BCUT2D eigenvalue weighted by Gasteiger charge is 2.37. The van der Waals surface area contributed by atoms with E-state index in [1.54, 1.807) is 13.3 Å². The number of carbonyl (C=O) groups excluding carboxylic acids is 1. The Morgan fingerprint density at radius 1 is 1.07 bits per heavy atom. The van der Waals surface area contributed by atoms with Crippen molar-refractivity contribution in [2.45, 2.75) is 58.4 Å². The van der Waals surface area contributed by atoms with Gasteiger partial charge in [0, 0.05) is 31.2 Å². The fourth-order valence-corrected chi connectivity index (χ4v) is 4.95. The molecule has 3 heterocycles. The second kappa shape index (κ2) is 12.9. The highest BCUT2D eigenvalue weighted by molar-refractivity contribution is 6.74. The summed E-state index contributed by atoms with van der Waals surface area (Å²) in [7, 11) is -0.280. The number of nitrogens with two attached hydrogens (primary N) is 1. The average Bonchev–Trinajstić information content (AvgIpc) is 3.36. The molecular formula is C31H40N5O4Si. The zero-order chi connectivity index (χ0) is 29.6. The molecule has 10 heteroatoms. The minimum atomic E-state index is -1.92. The molecule has 0 atom stereocenters. The van der Waals surface area contributed by atoms with Crippen molar-refractivity contribution in [1.29, 1.82) is 0 Å². The van der Waals surface area contributed by atoms with E-state index < -0.39 is 8.32 Å². The molecule has 0 unspecified atom stereocenters. The largest absolute Gasteiger partial charge is 0.490 e. The Hall–Kier alpha value is -3.60. The third kappa shape index (κ3) is 7.58. The Morgan fingerprint density at radius 3 is 2.59 bits per heavy atom. The van der Waals surface area contributed by atoms with Gasteiger partial charge in [0.1, 0.15) is 12.4 Å². The van der Waals surface area contributed by atoms with Gasteiger partial charge in [0.05, 0.1) is 41.7 Å². The first-order valence-electron chi connectivity index (χ1n) is 13.8. The van der Waals surface area contributed by atoms with Crippen LogP contribution in [0.4, 0.5) is 0 Å². The zero-order valence-electron chi connectivity index (χ0n) is 24.8. The average molecular weight is 575 g/mol. The van der Waals surface area contributed by atoms with Crippen molar-refractivity contribution >= 4 is 25.1 Å². The molecule has 1 radical (unpaired) electrons. The van der Waals surface area contributed by atoms with Crippen LogP contribution in [-0.4, -0.2) is 54.3 Å². The lowest BCUT2D eigenvalue weighted by molar-refractivity contribution is -0.117. The quantitative estimate of drug-likeness (QED) is 0.157. The number of amides is 1. The van der Waals surface area contributed by atoms with Crippen molar-refractivity contribution in [2.75, 3.05) is 20.3 Å². The summed E-state index contributed by atoms with van der Waals surface area (Å²) >= 11 is 0. The summed E-state index contributed by atoms with van der Waals surface area (Å²) in [6, 6.07) is 15.7. The number of aromatic nitrogens is 4. The van der Waals surface area contributed by atoms with Crippen LogP contribution >= 0.6 is 0 Å². The normalized spacial score (nSPS) is 12.1. The second-order valence-electron chi connectivity index (χ2n) is 11.5. The van der Waals surface area contributed by atoms with Crippen molar-refractivity contribution in [3.8, 4) is 22.8 Å². The van der Waals surface area contributed by atoms with Gasteiger partial charge in [-0.05, 0) is 61.0 Å². The molecule has 0 bridgehead atoms. The first kappa shape index (κ1) is 30.4. The Balaban J connectivity index is 1.70. The van der Waals surface area contributed by atoms with Gasteiger partial charge in [-0.3, -0.25) is 9.78 Å². The van der Waals surface area contributed by atoms with Crippen molar-refractivity contribution in [1.82, 2.24) is 19.7 Å². The molecule has 0 aliphatic carbocycles. The van der Waals surface area contributed by atoms with Gasteiger partial charge in [-0.25, -0.2) is 9.67 Å². The molecule has 217 valence electrons. The van der Waals surface area contributed by atoms with E-state index in [0.29, 0.717) is 37.8 Å². The molecule has 0 aliphatic heterocycles. The van der Waals surface area contributed by atoms with Gasteiger partial charge in [-0.15, -0.1) is 0 Å². The number of methoxy groups -OCH3 is 1. The molecule has 2 N–H and O–H groups in total. The van der Waals surface area contributed by atoms with Crippen molar-refractivity contribution in [3.63, 3.8) is 0 Å². The van der Waals surface area contributed by atoms with Crippen LogP contribution in [0.3, 0.4) is 0 Å². The molecule has 0 saturated carbocycles. The van der Waals surface area contributed by atoms with E-state index in [1.165, 1.54) is 0 Å². The number of hydrogen-bond acceptors (Lipinski definition) is 7. The van der Waals surface area contributed by atoms with Crippen LogP contribution in [0.2, 0.25) is 18.1 Å². The smallest absolute Gasteiger partial charge is 0.217 e. The summed E-state index contributed by atoms with van der Waals surface area (Å²) in [5, 5.41) is 5.67. The minimum absolute atomic E-state index is 0.114. The number of hydrogen-bond donors (Lipinski definition) is 1. The van der Waals surface area contributed by atoms with Gasteiger partial charge in [0.15, 0.2) is 14.1 Å². The Kier molecular flexibility index (Phi) is 9.57. The van der Waals surface area contributed by atoms with Crippen LogP contribution in [0.15, 0.2) is 54.7 Å².